The maximum absolute atomic E-state index is 12.7. The molecule has 20 heavy (non-hydrogen) atoms. The van der Waals surface area contributed by atoms with E-state index >= 15 is 0 Å². The molecule has 0 aliphatic carbocycles. The summed E-state index contributed by atoms with van der Waals surface area (Å²) in [6, 6.07) is 5.44. The van der Waals surface area contributed by atoms with Crippen LogP contribution in [0.1, 0.15) is 23.7 Å². The average molecular weight is 296 g/mol. The first-order chi connectivity index (χ1) is 9.66. The van der Waals surface area contributed by atoms with Crippen LogP contribution in [0.4, 0.5) is 0 Å². The van der Waals surface area contributed by atoms with Crippen molar-refractivity contribution in [1.82, 2.24) is 4.90 Å². The predicted molar refractivity (Wildman–Crippen MR) is 76.8 cm³/mol. The summed E-state index contributed by atoms with van der Waals surface area (Å²) in [4.78, 5) is 14.5. The fourth-order valence-corrected chi connectivity index (χ4v) is 2.91. The lowest BCUT2D eigenvalue weighted by Gasteiger charge is -2.34. The highest BCUT2D eigenvalue weighted by atomic mass is 35.5. The van der Waals surface area contributed by atoms with Crippen molar-refractivity contribution < 1.29 is 14.3 Å². The number of amides is 1. The van der Waals surface area contributed by atoms with E-state index in [0.717, 1.165) is 13.0 Å². The second kappa shape index (κ2) is 5.52. The second-order valence-corrected chi connectivity index (χ2v) is 5.92. The van der Waals surface area contributed by atoms with Gasteiger partial charge >= 0.3 is 0 Å². The van der Waals surface area contributed by atoms with Gasteiger partial charge in [0.15, 0.2) is 11.5 Å². The van der Waals surface area contributed by atoms with Crippen molar-refractivity contribution in [1.29, 1.82) is 0 Å². The van der Waals surface area contributed by atoms with Crippen LogP contribution < -0.4 is 9.47 Å². The van der Waals surface area contributed by atoms with Gasteiger partial charge < -0.3 is 14.4 Å². The summed E-state index contributed by atoms with van der Waals surface area (Å²) >= 11 is 6.29. The Morgan fingerprint density at radius 2 is 2.15 bits per heavy atom. The van der Waals surface area contributed by atoms with Crippen molar-refractivity contribution in [3.63, 3.8) is 0 Å². The Hall–Kier alpha value is -1.42. The number of carbonyl (C=O) groups excluding carboxylic acids is 1. The van der Waals surface area contributed by atoms with Gasteiger partial charge in [0.05, 0.1) is 10.9 Å². The Kier molecular flexibility index (Phi) is 3.74. The number of hydrogen-bond acceptors (Lipinski definition) is 3. The highest BCUT2D eigenvalue weighted by molar-refractivity contribution is 6.21. The number of carbonyl (C=O) groups is 1. The van der Waals surface area contributed by atoms with E-state index in [1.807, 2.05) is 17.0 Å². The van der Waals surface area contributed by atoms with Gasteiger partial charge in [0.1, 0.15) is 13.2 Å². The first kappa shape index (κ1) is 13.6. The number of alkyl halides is 1. The zero-order valence-corrected chi connectivity index (χ0v) is 12.2. The number of piperidine rings is 1. The topological polar surface area (TPSA) is 38.8 Å². The third kappa shape index (κ3) is 2.44. The SMILES string of the molecule is CC1CCN(C(=O)c2cccc3c2OCCO3)CC1Cl. The number of fused-ring (bicyclic) bond motifs is 1. The summed E-state index contributed by atoms with van der Waals surface area (Å²) in [5.41, 5.74) is 0.570. The number of ether oxygens (including phenoxy) is 2. The van der Waals surface area contributed by atoms with Crippen molar-refractivity contribution in [2.24, 2.45) is 5.92 Å². The molecule has 1 aromatic rings. The van der Waals surface area contributed by atoms with Crippen LogP contribution in [0.2, 0.25) is 0 Å². The van der Waals surface area contributed by atoms with E-state index < -0.39 is 0 Å². The number of nitrogens with zero attached hydrogens (tertiary/aromatic N) is 1. The molecule has 0 aromatic heterocycles. The summed E-state index contributed by atoms with van der Waals surface area (Å²) in [5.74, 6) is 1.64. The van der Waals surface area contributed by atoms with Crippen LogP contribution in [0.25, 0.3) is 0 Å². The molecule has 1 aromatic carbocycles. The largest absolute Gasteiger partial charge is 0.486 e. The molecule has 2 aliphatic heterocycles. The molecule has 2 unspecified atom stereocenters. The Balaban J connectivity index is 1.84. The highest BCUT2D eigenvalue weighted by Gasteiger charge is 2.30. The average Bonchev–Trinajstić information content (AvgIpc) is 2.49. The van der Waals surface area contributed by atoms with E-state index in [1.165, 1.54) is 0 Å². The lowest BCUT2D eigenvalue weighted by molar-refractivity contribution is 0.0691. The molecule has 2 atom stereocenters. The molecule has 1 saturated heterocycles. The van der Waals surface area contributed by atoms with E-state index in [9.17, 15) is 4.79 Å². The van der Waals surface area contributed by atoms with E-state index in [4.69, 9.17) is 21.1 Å². The lowest BCUT2D eigenvalue weighted by Crippen LogP contribution is -2.44. The zero-order chi connectivity index (χ0) is 14.1. The molecule has 0 bridgehead atoms. The fourth-order valence-electron chi connectivity index (χ4n) is 2.62. The molecule has 0 N–H and O–H groups in total. The molecule has 0 radical (unpaired) electrons. The van der Waals surface area contributed by atoms with Crippen LogP contribution in [-0.2, 0) is 0 Å². The third-order valence-corrected chi connectivity index (χ3v) is 4.52. The molecule has 2 heterocycles. The zero-order valence-electron chi connectivity index (χ0n) is 11.5. The standard InChI is InChI=1S/C15H18ClNO3/c1-10-5-6-17(9-12(10)16)15(18)11-3-2-4-13-14(11)20-8-7-19-13/h2-4,10,12H,5-9H2,1H3. The van der Waals surface area contributed by atoms with Crippen LogP contribution in [-0.4, -0.2) is 42.5 Å². The minimum atomic E-state index is -0.0232. The van der Waals surface area contributed by atoms with Gasteiger partial charge in [-0.2, -0.15) is 0 Å². The molecule has 2 aliphatic rings. The Bertz CT molecular complexity index is 520. The predicted octanol–water partition coefficient (Wildman–Crippen LogP) is 2.55. The fraction of sp³-hybridized carbons (Fsp3) is 0.533. The number of halogens is 1. The molecule has 1 fully saturated rings. The Morgan fingerprint density at radius 1 is 1.35 bits per heavy atom. The smallest absolute Gasteiger partial charge is 0.257 e. The highest BCUT2D eigenvalue weighted by Crippen LogP contribution is 2.35. The molecule has 0 spiro atoms. The maximum Gasteiger partial charge on any atom is 0.257 e. The van der Waals surface area contributed by atoms with Crippen molar-refractivity contribution in [3.05, 3.63) is 23.8 Å². The van der Waals surface area contributed by atoms with Gasteiger partial charge in [-0.15, -0.1) is 11.6 Å². The second-order valence-electron chi connectivity index (χ2n) is 5.36. The van der Waals surface area contributed by atoms with Gasteiger partial charge in [-0.25, -0.2) is 0 Å². The van der Waals surface area contributed by atoms with Crippen LogP contribution in [0.15, 0.2) is 18.2 Å². The molecular formula is C15H18ClNO3. The Morgan fingerprint density at radius 3 is 2.95 bits per heavy atom. The molecule has 3 rings (SSSR count). The molecule has 108 valence electrons. The molecule has 1 amide bonds. The number of likely N-dealkylation sites (tertiary alicyclic amines) is 1. The molecular weight excluding hydrogens is 278 g/mol. The number of para-hydroxylation sites is 1. The monoisotopic (exact) mass is 295 g/mol. The lowest BCUT2D eigenvalue weighted by atomic mass is 9.98. The summed E-state index contributed by atoms with van der Waals surface area (Å²) < 4.78 is 11.1. The quantitative estimate of drug-likeness (QED) is 0.748. The summed E-state index contributed by atoms with van der Waals surface area (Å²) in [6.45, 7) is 4.46. The Labute approximate surface area is 123 Å². The maximum atomic E-state index is 12.7. The van der Waals surface area contributed by atoms with Gasteiger partial charge in [-0.1, -0.05) is 13.0 Å². The first-order valence-corrected chi connectivity index (χ1v) is 7.42. The molecule has 5 heteroatoms. The third-order valence-electron chi connectivity index (χ3n) is 3.95. The summed E-state index contributed by atoms with van der Waals surface area (Å²) in [7, 11) is 0. The van der Waals surface area contributed by atoms with Gasteiger partial charge in [0, 0.05) is 13.1 Å². The minimum absolute atomic E-state index is 0.0180. The minimum Gasteiger partial charge on any atom is -0.486 e. The van der Waals surface area contributed by atoms with Crippen LogP contribution in [0.3, 0.4) is 0 Å². The summed E-state index contributed by atoms with van der Waals surface area (Å²) in [5, 5.41) is 0.0180. The first-order valence-electron chi connectivity index (χ1n) is 6.99. The number of hydrogen-bond donors (Lipinski definition) is 0. The normalized spacial score (nSPS) is 25.4. The van der Waals surface area contributed by atoms with Gasteiger partial charge in [-0.3, -0.25) is 4.79 Å². The van der Waals surface area contributed by atoms with Crippen LogP contribution >= 0.6 is 11.6 Å². The van der Waals surface area contributed by atoms with Gasteiger partial charge in [-0.05, 0) is 24.5 Å². The van der Waals surface area contributed by atoms with Gasteiger partial charge in [0.25, 0.3) is 5.91 Å². The van der Waals surface area contributed by atoms with Crippen molar-refractivity contribution in [2.75, 3.05) is 26.3 Å². The summed E-state index contributed by atoms with van der Waals surface area (Å²) in [6.07, 6.45) is 0.937. The molecule has 0 saturated carbocycles. The van der Waals surface area contributed by atoms with E-state index in [0.29, 0.717) is 42.7 Å². The number of benzene rings is 1. The van der Waals surface area contributed by atoms with E-state index in [-0.39, 0.29) is 11.3 Å². The van der Waals surface area contributed by atoms with Crippen molar-refractivity contribution >= 4 is 17.5 Å². The number of rotatable bonds is 1. The van der Waals surface area contributed by atoms with E-state index in [2.05, 4.69) is 6.92 Å². The van der Waals surface area contributed by atoms with Crippen molar-refractivity contribution in [2.45, 2.75) is 18.7 Å². The van der Waals surface area contributed by atoms with Crippen molar-refractivity contribution in [3.8, 4) is 11.5 Å². The van der Waals surface area contributed by atoms with Gasteiger partial charge in [0.2, 0.25) is 0 Å². The van der Waals surface area contributed by atoms with Crippen LogP contribution in [0, 0.1) is 5.92 Å². The molecule has 4 nitrogen and oxygen atoms in total. The van der Waals surface area contributed by atoms with Crippen LogP contribution in [0.5, 0.6) is 11.5 Å². The van der Waals surface area contributed by atoms with E-state index in [1.54, 1.807) is 6.07 Å².